The Bertz CT molecular complexity index is 756. The molecule has 1 atom stereocenters. The Morgan fingerprint density at radius 3 is 2.64 bits per heavy atom. The fraction of sp³-hybridized carbons (Fsp3) is 0.235. The molecule has 0 fully saturated rings. The molecule has 5 nitrogen and oxygen atoms in total. The first-order valence-electron chi connectivity index (χ1n) is 7.23. The molecule has 22 heavy (non-hydrogen) atoms. The predicted octanol–water partition coefficient (Wildman–Crippen LogP) is 2.64. The van der Waals surface area contributed by atoms with E-state index in [1.807, 2.05) is 18.2 Å². The summed E-state index contributed by atoms with van der Waals surface area (Å²) in [6.07, 6.45) is 0.343. The Morgan fingerprint density at radius 2 is 1.86 bits per heavy atom. The van der Waals surface area contributed by atoms with Gasteiger partial charge in [-0.15, -0.1) is 0 Å². The van der Waals surface area contributed by atoms with E-state index < -0.39 is 0 Å². The molecule has 5 heteroatoms. The number of nitrogens with one attached hydrogen (secondary N) is 1. The van der Waals surface area contributed by atoms with Gasteiger partial charge in [0.2, 0.25) is 5.91 Å². The molecule has 0 radical (unpaired) electrons. The van der Waals surface area contributed by atoms with E-state index in [0.29, 0.717) is 31.1 Å². The largest absolute Gasteiger partial charge is 0.508 e. The maximum absolute atomic E-state index is 12.0. The Morgan fingerprint density at radius 1 is 1.09 bits per heavy atom. The first-order valence-corrected chi connectivity index (χ1v) is 7.23. The molecule has 112 valence electrons. The second kappa shape index (κ2) is 4.94. The second-order valence-electron chi connectivity index (χ2n) is 5.48. The van der Waals surface area contributed by atoms with Crippen molar-refractivity contribution >= 4 is 11.6 Å². The van der Waals surface area contributed by atoms with Crippen LogP contribution >= 0.6 is 0 Å². The van der Waals surface area contributed by atoms with Crippen molar-refractivity contribution in [2.75, 3.05) is 18.5 Å². The number of hydrogen-bond donors (Lipinski definition) is 2. The average molecular weight is 297 g/mol. The number of carbonyl (C=O) groups excluding carboxylic acids is 1. The number of benzene rings is 2. The quantitative estimate of drug-likeness (QED) is 0.849. The number of phenols is 1. The maximum Gasteiger partial charge on any atom is 0.225 e. The highest BCUT2D eigenvalue weighted by molar-refractivity contribution is 5.96. The van der Waals surface area contributed by atoms with Gasteiger partial charge in [0.15, 0.2) is 11.5 Å². The minimum atomic E-state index is -0.105. The molecular formula is C17H15NO4. The average Bonchev–Trinajstić information content (AvgIpc) is 2.52. The van der Waals surface area contributed by atoms with Crippen LogP contribution in [-0.2, 0) is 4.79 Å². The van der Waals surface area contributed by atoms with Crippen LogP contribution in [0.25, 0.3) is 0 Å². The van der Waals surface area contributed by atoms with E-state index in [2.05, 4.69) is 5.32 Å². The number of anilines is 1. The third-order valence-electron chi connectivity index (χ3n) is 4.03. The highest BCUT2D eigenvalue weighted by Gasteiger charge is 2.29. The third kappa shape index (κ3) is 2.15. The summed E-state index contributed by atoms with van der Waals surface area (Å²) in [4.78, 5) is 12.0. The summed E-state index contributed by atoms with van der Waals surface area (Å²) in [5.74, 6) is 1.40. The van der Waals surface area contributed by atoms with Gasteiger partial charge in [0.25, 0.3) is 0 Å². The second-order valence-corrected chi connectivity index (χ2v) is 5.48. The van der Waals surface area contributed by atoms with E-state index in [-0.39, 0.29) is 17.6 Å². The molecule has 2 aromatic carbocycles. The highest BCUT2D eigenvalue weighted by Crippen LogP contribution is 2.44. The summed E-state index contributed by atoms with van der Waals surface area (Å²) in [5, 5.41) is 12.6. The van der Waals surface area contributed by atoms with E-state index in [4.69, 9.17) is 9.47 Å². The van der Waals surface area contributed by atoms with Gasteiger partial charge in [0.1, 0.15) is 19.0 Å². The number of ether oxygens (including phenoxy) is 2. The van der Waals surface area contributed by atoms with Crippen LogP contribution in [0.4, 0.5) is 5.69 Å². The molecule has 0 saturated heterocycles. The van der Waals surface area contributed by atoms with E-state index >= 15 is 0 Å². The highest BCUT2D eigenvalue weighted by atomic mass is 16.6. The fourth-order valence-electron chi connectivity index (χ4n) is 3.04. The molecule has 0 spiro atoms. The van der Waals surface area contributed by atoms with Crippen LogP contribution in [0, 0.1) is 0 Å². The summed E-state index contributed by atoms with van der Waals surface area (Å²) in [6.45, 7) is 1.03. The van der Waals surface area contributed by atoms with Gasteiger partial charge in [-0.05, 0) is 29.3 Å². The number of carbonyl (C=O) groups is 1. The van der Waals surface area contributed by atoms with E-state index in [9.17, 15) is 9.90 Å². The van der Waals surface area contributed by atoms with Crippen molar-refractivity contribution in [3.63, 3.8) is 0 Å². The number of aromatic hydroxyl groups is 1. The summed E-state index contributed by atoms with van der Waals surface area (Å²) in [6, 6.07) is 10.8. The predicted molar refractivity (Wildman–Crippen MR) is 80.6 cm³/mol. The smallest absolute Gasteiger partial charge is 0.225 e. The van der Waals surface area contributed by atoms with E-state index in [1.54, 1.807) is 18.2 Å². The molecule has 2 aliphatic heterocycles. The monoisotopic (exact) mass is 297 g/mol. The van der Waals surface area contributed by atoms with Crippen molar-refractivity contribution in [3.8, 4) is 17.2 Å². The molecule has 0 saturated carbocycles. The van der Waals surface area contributed by atoms with Gasteiger partial charge in [-0.25, -0.2) is 0 Å². The minimum Gasteiger partial charge on any atom is -0.508 e. The topological polar surface area (TPSA) is 67.8 Å². The van der Waals surface area contributed by atoms with Crippen molar-refractivity contribution < 1.29 is 19.4 Å². The van der Waals surface area contributed by atoms with Crippen molar-refractivity contribution in [3.05, 3.63) is 47.5 Å². The van der Waals surface area contributed by atoms with Gasteiger partial charge in [-0.2, -0.15) is 0 Å². The molecular weight excluding hydrogens is 282 g/mol. The lowest BCUT2D eigenvalue weighted by atomic mass is 9.84. The van der Waals surface area contributed by atoms with Crippen LogP contribution in [0.1, 0.15) is 23.5 Å². The number of fused-ring (bicyclic) bond motifs is 2. The van der Waals surface area contributed by atoms with Gasteiger partial charge in [-0.3, -0.25) is 4.79 Å². The zero-order chi connectivity index (χ0) is 15.1. The van der Waals surface area contributed by atoms with Crippen molar-refractivity contribution in [2.24, 2.45) is 0 Å². The molecule has 2 aromatic rings. The summed E-state index contributed by atoms with van der Waals surface area (Å²) >= 11 is 0. The zero-order valence-corrected chi connectivity index (χ0v) is 11.8. The first kappa shape index (κ1) is 13.0. The maximum atomic E-state index is 12.0. The molecule has 1 amide bonds. The van der Waals surface area contributed by atoms with Crippen LogP contribution in [0.5, 0.6) is 17.2 Å². The lowest BCUT2D eigenvalue weighted by molar-refractivity contribution is -0.116. The molecule has 0 aliphatic carbocycles. The molecule has 0 aromatic heterocycles. The van der Waals surface area contributed by atoms with Crippen LogP contribution in [0.2, 0.25) is 0 Å². The Balaban J connectivity index is 1.84. The lowest BCUT2D eigenvalue weighted by Crippen LogP contribution is -2.24. The number of rotatable bonds is 1. The summed E-state index contributed by atoms with van der Waals surface area (Å²) in [5.41, 5.74) is 2.64. The Hall–Kier alpha value is -2.69. The molecule has 0 unspecified atom stereocenters. The van der Waals surface area contributed by atoms with Crippen LogP contribution in [0.15, 0.2) is 36.4 Å². The van der Waals surface area contributed by atoms with Crippen LogP contribution in [-0.4, -0.2) is 24.2 Å². The van der Waals surface area contributed by atoms with Crippen LogP contribution < -0.4 is 14.8 Å². The minimum absolute atomic E-state index is 0.0440. The molecule has 2 heterocycles. The van der Waals surface area contributed by atoms with Gasteiger partial charge in [0.05, 0.1) is 0 Å². The third-order valence-corrected chi connectivity index (χ3v) is 4.03. The summed E-state index contributed by atoms with van der Waals surface area (Å²) < 4.78 is 11.2. The lowest BCUT2D eigenvalue weighted by Gasteiger charge is -2.29. The van der Waals surface area contributed by atoms with Gasteiger partial charge in [-0.1, -0.05) is 12.1 Å². The van der Waals surface area contributed by atoms with Crippen molar-refractivity contribution in [2.45, 2.75) is 12.3 Å². The van der Waals surface area contributed by atoms with E-state index in [1.165, 1.54) is 0 Å². The molecule has 0 bridgehead atoms. The van der Waals surface area contributed by atoms with Crippen LogP contribution in [0.3, 0.4) is 0 Å². The van der Waals surface area contributed by atoms with Gasteiger partial charge >= 0.3 is 0 Å². The number of amides is 1. The number of hydrogen-bond acceptors (Lipinski definition) is 4. The van der Waals surface area contributed by atoms with Gasteiger partial charge < -0.3 is 19.9 Å². The van der Waals surface area contributed by atoms with Crippen molar-refractivity contribution in [1.29, 1.82) is 0 Å². The SMILES string of the molecule is O=C1C[C@H](c2cccc(O)c2)c2cc3c(cc2N1)OCCO3. The Kier molecular flexibility index (Phi) is 2.92. The zero-order valence-electron chi connectivity index (χ0n) is 11.8. The summed E-state index contributed by atoms with van der Waals surface area (Å²) in [7, 11) is 0. The van der Waals surface area contributed by atoms with Crippen molar-refractivity contribution in [1.82, 2.24) is 0 Å². The standard InChI is InChI=1S/C17H15NO4/c19-11-3-1-2-10(6-11)12-8-17(20)18-14-9-16-15(7-13(12)14)21-4-5-22-16/h1-3,6-7,9,12,19H,4-5,8H2,(H,18,20)/t12-/m1/s1. The number of phenolic OH excluding ortho intramolecular Hbond substituents is 1. The first-order chi connectivity index (χ1) is 10.7. The van der Waals surface area contributed by atoms with E-state index in [0.717, 1.165) is 16.8 Å². The normalized spacial score (nSPS) is 19.3. The molecule has 2 aliphatic rings. The molecule has 2 N–H and O–H groups in total. The fourth-order valence-corrected chi connectivity index (χ4v) is 3.04. The Labute approximate surface area is 127 Å². The molecule has 4 rings (SSSR count). The van der Waals surface area contributed by atoms with Gasteiger partial charge in [0, 0.05) is 24.1 Å².